The zero-order valence-electron chi connectivity index (χ0n) is 12.9. The van der Waals surface area contributed by atoms with Gasteiger partial charge in [0.1, 0.15) is 0 Å². The number of rotatable bonds is 4. The Hall–Kier alpha value is -2.03. The maximum Gasteiger partial charge on any atom is 0.243 e. The molecule has 0 amide bonds. The first-order chi connectivity index (χ1) is 11.1. The van der Waals surface area contributed by atoms with Crippen LogP contribution < -0.4 is 5.32 Å². The Morgan fingerprint density at radius 3 is 2.22 bits per heavy atom. The molecule has 122 valence electrons. The van der Waals surface area contributed by atoms with E-state index in [1.54, 1.807) is 42.7 Å². The number of hydrogen-bond donors (Lipinski definition) is 1. The van der Waals surface area contributed by atoms with Crippen LogP contribution in [0.25, 0.3) is 0 Å². The average Bonchev–Trinajstić information content (AvgIpc) is 2.57. The summed E-state index contributed by atoms with van der Waals surface area (Å²) in [6, 6.07) is 8.40. The van der Waals surface area contributed by atoms with Gasteiger partial charge in [-0.15, -0.1) is 0 Å². The fourth-order valence-electron chi connectivity index (χ4n) is 2.38. The van der Waals surface area contributed by atoms with E-state index in [0.29, 0.717) is 23.9 Å². The number of benzene rings is 1. The van der Waals surface area contributed by atoms with Gasteiger partial charge >= 0.3 is 0 Å². The van der Waals surface area contributed by atoms with Crippen LogP contribution in [-0.2, 0) is 10.0 Å². The lowest BCUT2D eigenvalue weighted by molar-refractivity contribution is 0.222. The first-order valence-electron chi connectivity index (χ1n) is 7.38. The van der Waals surface area contributed by atoms with E-state index < -0.39 is 10.0 Å². The standard InChI is InChI=1S/C15H19N5O2S/c1-19-9-11-20(12-10-19)23(21,22)14-5-3-13(4-6-14)18-15-16-7-2-8-17-15/h2-8H,9-12H2,1H3,(H,16,17,18). The maximum atomic E-state index is 12.6. The SMILES string of the molecule is CN1CCN(S(=O)(=O)c2ccc(Nc3ncccn3)cc2)CC1. The van der Waals surface area contributed by atoms with E-state index in [0.717, 1.165) is 18.8 Å². The summed E-state index contributed by atoms with van der Waals surface area (Å²) in [5.41, 5.74) is 0.744. The Bertz CT molecular complexity index is 741. The zero-order valence-corrected chi connectivity index (χ0v) is 13.7. The molecule has 2 aromatic rings. The number of likely N-dealkylation sites (N-methyl/N-ethyl adjacent to an activating group) is 1. The summed E-state index contributed by atoms with van der Waals surface area (Å²) < 4.78 is 26.8. The molecule has 1 aliphatic rings. The van der Waals surface area contributed by atoms with Crippen molar-refractivity contribution in [2.24, 2.45) is 0 Å². The van der Waals surface area contributed by atoms with Gasteiger partial charge in [-0.3, -0.25) is 0 Å². The van der Waals surface area contributed by atoms with Crippen LogP contribution in [0.5, 0.6) is 0 Å². The Labute approximate surface area is 136 Å². The van der Waals surface area contributed by atoms with Gasteiger partial charge in [0.05, 0.1) is 4.90 Å². The molecule has 0 aliphatic carbocycles. The van der Waals surface area contributed by atoms with Crippen LogP contribution in [-0.4, -0.2) is 60.8 Å². The predicted octanol–water partition coefficient (Wildman–Crippen LogP) is 1.16. The third-order valence-corrected chi connectivity index (χ3v) is 5.69. The summed E-state index contributed by atoms with van der Waals surface area (Å²) in [6.07, 6.45) is 3.28. The second-order valence-corrected chi connectivity index (χ2v) is 7.37. The van der Waals surface area contributed by atoms with Crippen LogP contribution >= 0.6 is 0 Å². The Morgan fingerprint density at radius 2 is 1.61 bits per heavy atom. The molecular formula is C15H19N5O2S. The highest BCUT2D eigenvalue weighted by atomic mass is 32.2. The van der Waals surface area contributed by atoms with Crippen LogP contribution in [0.1, 0.15) is 0 Å². The molecule has 0 spiro atoms. The molecule has 0 bridgehead atoms. The maximum absolute atomic E-state index is 12.6. The summed E-state index contributed by atoms with van der Waals surface area (Å²) in [7, 11) is -1.43. The Kier molecular flexibility index (Phi) is 4.56. The molecule has 23 heavy (non-hydrogen) atoms. The molecule has 1 N–H and O–H groups in total. The third kappa shape index (κ3) is 3.66. The highest BCUT2D eigenvalue weighted by Gasteiger charge is 2.27. The molecule has 8 heteroatoms. The van der Waals surface area contributed by atoms with Crippen molar-refractivity contribution < 1.29 is 8.42 Å². The molecule has 3 rings (SSSR count). The largest absolute Gasteiger partial charge is 0.324 e. The van der Waals surface area contributed by atoms with E-state index in [-0.39, 0.29) is 0 Å². The minimum atomic E-state index is -3.43. The summed E-state index contributed by atoms with van der Waals surface area (Å²) in [5.74, 6) is 0.474. The molecule has 7 nitrogen and oxygen atoms in total. The zero-order chi connectivity index (χ0) is 16.3. The third-order valence-electron chi connectivity index (χ3n) is 3.78. The van der Waals surface area contributed by atoms with Crippen molar-refractivity contribution in [3.63, 3.8) is 0 Å². The summed E-state index contributed by atoms with van der Waals surface area (Å²) in [5, 5.41) is 3.03. The number of aromatic nitrogens is 2. The molecular weight excluding hydrogens is 314 g/mol. The predicted molar refractivity (Wildman–Crippen MR) is 88.0 cm³/mol. The molecule has 0 atom stereocenters. The molecule has 0 unspecified atom stereocenters. The lowest BCUT2D eigenvalue weighted by atomic mass is 10.3. The van der Waals surface area contributed by atoms with E-state index in [1.165, 1.54) is 4.31 Å². The average molecular weight is 333 g/mol. The number of piperazine rings is 1. The van der Waals surface area contributed by atoms with Crippen molar-refractivity contribution in [1.82, 2.24) is 19.2 Å². The molecule has 1 aromatic carbocycles. The highest BCUT2D eigenvalue weighted by molar-refractivity contribution is 7.89. The van der Waals surface area contributed by atoms with Crippen LogP contribution in [0.4, 0.5) is 11.6 Å². The van der Waals surface area contributed by atoms with E-state index in [1.807, 2.05) is 7.05 Å². The van der Waals surface area contributed by atoms with Gasteiger partial charge in [-0.25, -0.2) is 18.4 Å². The topological polar surface area (TPSA) is 78.4 Å². The number of hydrogen-bond acceptors (Lipinski definition) is 6. The van der Waals surface area contributed by atoms with Crippen LogP contribution in [0.3, 0.4) is 0 Å². The van der Waals surface area contributed by atoms with E-state index in [4.69, 9.17) is 0 Å². The lowest BCUT2D eigenvalue weighted by Gasteiger charge is -2.31. The van der Waals surface area contributed by atoms with Crippen molar-refractivity contribution >= 4 is 21.7 Å². The monoisotopic (exact) mass is 333 g/mol. The lowest BCUT2D eigenvalue weighted by Crippen LogP contribution is -2.46. The van der Waals surface area contributed by atoms with Gasteiger partial charge in [0.15, 0.2) is 0 Å². The fraction of sp³-hybridized carbons (Fsp3) is 0.333. The van der Waals surface area contributed by atoms with Gasteiger partial charge in [0.2, 0.25) is 16.0 Å². The van der Waals surface area contributed by atoms with Crippen molar-refractivity contribution in [3.8, 4) is 0 Å². The highest BCUT2D eigenvalue weighted by Crippen LogP contribution is 2.20. The van der Waals surface area contributed by atoms with Crippen LogP contribution in [0.2, 0.25) is 0 Å². The van der Waals surface area contributed by atoms with Gasteiger partial charge in [-0.2, -0.15) is 4.31 Å². The first kappa shape index (κ1) is 15.9. The Morgan fingerprint density at radius 1 is 1.00 bits per heavy atom. The Balaban J connectivity index is 1.73. The molecule has 2 heterocycles. The number of nitrogens with zero attached hydrogens (tertiary/aromatic N) is 4. The van der Waals surface area contributed by atoms with E-state index >= 15 is 0 Å². The van der Waals surface area contributed by atoms with Gasteiger partial charge in [-0.1, -0.05) is 0 Å². The first-order valence-corrected chi connectivity index (χ1v) is 8.82. The van der Waals surface area contributed by atoms with Crippen LogP contribution in [0.15, 0.2) is 47.6 Å². The molecule has 1 aromatic heterocycles. The minimum Gasteiger partial charge on any atom is -0.324 e. The van der Waals surface area contributed by atoms with Gasteiger partial charge in [-0.05, 0) is 37.4 Å². The van der Waals surface area contributed by atoms with E-state index in [2.05, 4.69) is 20.2 Å². The molecule has 0 radical (unpaired) electrons. The second kappa shape index (κ2) is 6.61. The number of nitrogens with one attached hydrogen (secondary N) is 1. The molecule has 1 fully saturated rings. The van der Waals surface area contributed by atoms with Crippen molar-refractivity contribution in [3.05, 3.63) is 42.7 Å². The quantitative estimate of drug-likeness (QED) is 0.904. The van der Waals surface area contributed by atoms with Gasteiger partial charge < -0.3 is 10.2 Å². The normalized spacial score (nSPS) is 17.1. The van der Waals surface area contributed by atoms with Crippen molar-refractivity contribution in [1.29, 1.82) is 0 Å². The summed E-state index contributed by atoms with van der Waals surface area (Å²) in [4.78, 5) is 10.6. The molecule has 1 aliphatic heterocycles. The van der Waals surface area contributed by atoms with Crippen molar-refractivity contribution in [2.75, 3.05) is 38.5 Å². The summed E-state index contributed by atoms with van der Waals surface area (Å²) >= 11 is 0. The summed E-state index contributed by atoms with van der Waals surface area (Å²) in [6.45, 7) is 2.56. The van der Waals surface area contributed by atoms with Gasteiger partial charge in [0, 0.05) is 44.3 Å². The smallest absolute Gasteiger partial charge is 0.243 e. The van der Waals surface area contributed by atoms with E-state index in [9.17, 15) is 8.42 Å². The molecule has 0 saturated carbocycles. The van der Waals surface area contributed by atoms with Gasteiger partial charge in [0.25, 0.3) is 0 Å². The van der Waals surface area contributed by atoms with Crippen LogP contribution in [0, 0.1) is 0 Å². The molecule has 1 saturated heterocycles. The van der Waals surface area contributed by atoms with Crippen molar-refractivity contribution in [2.45, 2.75) is 4.90 Å². The number of anilines is 2. The number of sulfonamides is 1. The fourth-order valence-corrected chi connectivity index (χ4v) is 3.80. The second-order valence-electron chi connectivity index (χ2n) is 5.43. The minimum absolute atomic E-state index is 0.307.